The first-order chi connectivity index (χ1) is 9.67. The Bertz CT molecular complexity index is 468. The van der Waals surface area contributed by atoms with E-state index in [-0.39, 0.29) is 0 Å². The van der Waals surface area contributed by atoms with Gasteiger partial charge in [0.1, 0.15) is 0 Å². The van der Waals surface area contributed by atoms with Crippen molar-refractivity contribution in [2.24, 2.45) is 0 Å². The number of fused-ring (bicyclic) bond motifs is 2. The molecule has 2 atom stereocenters. The van der Waals surface area contributed by atoms with Crippen molar-refractivity contribution in [1.29, 1.82) is 0 Å². The van der Waals surface area contributed by atoms with Crippen molar-refractivity contribution >= 4 is 21.9 Å². The third kappa shape index (κ3) is 2.78. The summed E-state index contributed by atoms with van der Waals surface area (Å²) in [5.74, 6) is 1.58. The van der Waals surface area contributed by atoms with E-state index in [4.69, 9.17) is 4.74 Å². The van der Waals surface area contributed by atoms with Gasteiger partial charge in [-0.2, -0.15) is 4.98 Å². The third-order valence-electron chi connectivity index (χ3n) is 4.18. The molecular weight excluding hydrogens is 318 g/mol. The second-order valence-corrected chi connectivity index (χ2v) is 7.15. The highest BCUT2D eigenvalue weighted by atomic mass is 79.9. The van der Waals surface area contributed by atoms with Crippen LogP contribution in [0.3, 0.4) is 0 Å². The molecule has 2 saturated heterocycles. The smallest absolute Gasteiger partial charge is 0.229 e. The molecule has 2 bridgehead atoms. The first kappa shape index (κ1) is 14.1. The van der Waals surface area contributed by atoms with Crippen LogP contribution in [0.4, 0.5) is 5.95 Å². The van der Waals surface area contributed by atoms with Crippen LogP contribution < -0.4 is 9.64 Å². The van der Waals surface area contributed by atoms with Crippen LogP contribution >= 0.6 is 15.9 Å². The summed E-state index contributed by atoms with van der Waals surface area (Å²) in [4.78, 5) is 12.4. The van der Waals surface area contributed by atoms with Gasteiger partial charge >= 0.3 is 0 Å². The molecule has 3 rings (SSSR count). The molecule has 0 aromatic carbocycles. The van der Waals surface area contributed by atoms with E-state index in [0.29, 0.717) is 23.5 Å². The zero-order valence-corrected chi connectivity index (χ0v) is 13.8. The number of anilines is 1. The third-order valence-corrected chi connectivity index (χ3v) is 4.93. The van der Waals surface area contributed by atoms with Crippen molar-refractivity contribution in [3.8, 4) is 5.88 Å². The van der Waals surface area contributed by atoms with Gasteiger partial charge in [-0.1, -0.05) is 22.9 Å². The van der Waals surface area contributed by atoms with Crippen LogP contribution in [-0.4, -0.2) is 33.5 Å². The van der Waals surface area contributed by atoms with Gasteiger partial charge in [0.2, 0.25) is 11.8 Å². The molecular formula is C15H22BrN3O. The Labute approximate surface area is 129 Å². The standard InChI is InChI=1S/C15H22BrN3O/c1-3-6-20-14-7-10(2)17-15(18-14)19-12-4-5-13(19)9-11(16)8-12/h7,11-13H,3-6,8-9H2,1-2H3. The van der Waals surface area contributed by atoms with Crippen molar-refractivity contribution in [1.82, 2.24) is 9.97 Å². The molecule has 2 aliphatic heterocycles. The van der Waals surface area contributed by atoms with Crippen LogP contribution in [0.2, 0.25) is 0 Å². The predicted octanol–water partition coefficient (Wildman–Crippen LogP) is 3.47. The maximum absolute atomic E-state index is 5.69. The van der Waals surface area contributed by atoms with Gasteiger partial charge in [0.25, 0.3) is 0 Å². The molecule has 110 valence electrons. The van der Waals surface area contributed by atoms with Gasteiger partial charge in [-0.25, -0.2) is 4.98 Å². The average Bonchev–Trinajstić information content (AvgIpc) is 2.68. The number of piperidine rings is 1. The fourth-order valence-electron chi connectivity index (χ4n) is 3.36. The lowest BCUT2D eigenvalue weighted by molar-refractivity contribution is 0.304. The Morgan fingerprint density at radius 1 is 1.30 bits per heavy atom. The number of hydrogen-bond acceptors (Lipinski definition) is 4. The molecule has 0 N–H and O–H groups in total. The van der Waals surface area contributed by atoms with Crippen molar-refractivity contribution in [2.45, 2.75) is 62.9 Å². The molecule has 0 aliphatic carbocycles. The molecule has 2 fully saturated rings. The Balaban J connectivity index is 1.85. The Kier molecular flexibility index (Phi) is 4.15. The van der Waals surface area contributed by atoms with Gasteiger partial charge in [-0.15, -0.1) is 0 Å². The van der Waals surface area contributed by atoms with E-state index in [1.54, 1.807) is 0 Å². The summed E-state index contributed by atoms with van der Waals surface area (Å²) in [6.07, 6.45) is 5.90. The van der Waals surface area contributed by atoms with Crippen LogP contribution in [-0.2, 0) is 0 Å². The molecule has 0 spiro atoms. The SMILES string of the molecule is CCCOc1cc(C)nc(N2C3CCC2CC(Br)C3)n1. The highest BCUT2D eigenvalue weighted by Gasteiger charge is 2.41. The summed E-state index contributed by atoms with van der Waals surface area (Å²) < 4.78 is 5.69. The minimum Gasteiger partial charge on any atom is -0.478 e. The van der Waals surface area contributed by atoms with E-state index in [9.17, 15) is 0 Å². The number of halogens is 1. The van der Waals surface area contributed by atoms with Crippen molar-refractivity contribution in [3.63, 3.8) is 0 Å². The lowest BCUT2D eigenvalue weighted by Gasteiger charge is -2.37. The fourth-order valence-corrected chi connectivity index (χ4v) is 4.22. The number of aromatic nitrogens is 2. The molecule has 0 radical (unpaired) electrons. The van der Waals surface area contributed by atoms with Crippen LogP contribution in [0.1, 0.15) is 44.7 Å². The molecule has 4 nitrogen and oxygen atoms in total. The number of rotatable bonds is 4. The largest absolute Gasteiger partial charge is 0.478 e. The Morgan fingerprint density at radius 2 is 2.00 bits per heavy atom. The lowest BCUT2D eigenvalue weighted by Crippen LogP contribution is -2.44. The first-order valence-corrected chi connectivity index (χ1v) is 8.50. The second-order valence-electron chi connectivity index (χ2n) is 5.86. The molecule has 2 unspecified atom stereocenters. The van der Waals surface area contributed by atoms with E-state index in [1.165, 1.54) is 25.7 Å². The summed E-state index contributed by atoms with van der Waals surface area (Å²) in [6, 6.07) is 3.09. The van der Waals surface area contributed by atoms with Crippen LogP contribution in [0.25, 0.3) is 0 Å². The van der Waals surface area contributed by atoms with E-state index in [2.05, 4.69) is 37.7 Å². The summed E-state index contributed by atoms with van der Waals surface area (Å²) in [5.41, 5.74) is 0.987. The fraction of sp³-hybridized carbons (Fsp3) is 0.733. The van der Waals surface area contributed by atoms with Gasteiger partial charge in [0.15, 0.2) is 0 Å². The van der Waals surface area contributed by atoms with Gasteiger partial charge < -0.3 is 9.64 Å². The number of nitrogens with zero attached hydrogens (tertiary/aromatic N) is 3. The molecule has 5 heteroatoms. The van der Waals surface area contributed by atoms with Crippen molar-refractivity contribution in [2.75, 3.05) is 11.5 Å². The van der Waals surface area contributed by atoms with Gasteiger partial charge in [-0.3, -0.25) is 0 Å². The summed E-state index contributed by atoms with van der Waals surface area (Å²) in [6.45, 7) is 4.84. The maximum Gasteiger partial charge on any atom is 0.229 e. The van der Waals surface area contributed by atoms with Gasteiger partial charge in [0, 0.05) is 28.7 Å². The number of alkyl halides is 1. The van der Waals surface area contributed by atoms with Crippen LogP contribution in [0, 0.1) is 6.92 Å². The Morgan fingerprint density at radius 3 is 2.65 bits per heavy atom. The number of ether oxygens (including phenoxy) is 1. The summed E-state index contributed by atoms with van der Waals surface area (Å²) in [7, 11) is 0. The predicted molar refractivity (Wildman–Crippen MR) is 83.8 cm³/mol. The second kappa shape index (κ2) is 5.88. The topological polar surface area (TPSA) is 38.2 Å². The highest BCUT2D eigenvalue weighted by Crippen LogP contribution is 2.40. The highest BCUT2D eigenvalue weighted by molar-refractivity contribution is 9.09. The molecule has 0 saturated carbocycles. The molecule has 1 aromatic heterocycles. The van der Waals surface area contributed by atoms with E-state index in [0.717, 1.165) is 23.9 Å². The van der Waals surface area contributed by atoms with Crippen LogP contribution in [0.15, 0.2) is 6.07 Å². The summed E-state index contributed by atoms with van der Waals surface area (Å²) >= 11 is 3.78. The van der Waals surface area contributed by atoms with Crippen LogP contribution in [0.5, 0.6) is 5.88 Å². The van der Waals surface area contributed by atoms with E-state index < -0.39 is 0 Å². The Hall–Kier alpha value is -0.840. The van der Waals surface area contributed by atoms with E-state index in [1.807, 2.05) is 13.0 Å². The van der Waals surface area contributed by atoms with E-state index >= 15 is 0 Å². The van der Waals surface area contributed by atoms with Crippen molar-refractivity contribution in [3.05, 3.63) is 11.8 Å². The normalized spacial score (nSPS) is 28.8. The zero-order valence-electron chi connectivity index (χ0n) is 12.2. The average molecular weight is 340 g/mol. The molecule has 0 amide bonds. The molecule has 1 aromatic rings. The minimum absolute atomic E-state index is 0.582. The zero-order chi connectivity index (χ0) is 14.1. The number of hydrogen-bond donors (Lipinski definition) is 0. The first-order valence-electron chi connectivity index (χ1n) is 7.58. The monoisotopic (exact) mass is 339 g/mol. The van der Waals surface area contributed by atoms with Crippen molar-refractivity contribution < 1.29 is 4.74 Å². The molecule has 3 heterocycles. The summed E-state index contributed by atoms with van der Waals surface area (Å²) in [5, 5.41) is 0. The number of aryl methyl sites for hydroxylation is 1. The molecule has 2 aliphatic rings. The van der Waals surface area contributed by atoms with Gasteiger partial charge in [0.05, 0.1) is 6.61 Å². The molecule has 20 heavy (non-hydrogen) atoms. The van der Waals surface area contributed by atoms with Gasteiger partial charge in [-0.05, 0) is 39.0 Å². The maximum atomic E-state index is 5.69. The lowest BCUT2D eigenvalue weighted by atomic mass is 10.0. The quantitative estimate of drug-likeness (QED) is 0.787. The minimum atomic E-state index is 0.582.